The fourth-order valence-corrected chi connectivity index (χ4v) is 3.93. The van der Waals surface area contributed by atoms with Gasteiger partial charge < -0.3 is 10.1 Å². The molecule has 0 heterocycles. The van der Waals surface area contributed by atoms with Crippen molar-refractivity contribution in [1.82, 2.24) is 10.0 Å². The van der Waals surface area contributed by atoms with Gasteiger partial charge in [0, 0.05) is 13.1 Å². The highest BCUT2D eigenvalue weighted by Crippen LogP contribution is 2.14. The quantitative estimate of drug-likeness (QED) is 0.468. The van der Waals surface area contributed by atoms with Crippen LogP contribution in [-0.4, -0.2) is 26.4 Å². The van der Waals surface area contributed by atoms with Crippen LogP contribution >= 0.6 is 0 Å². The molecule has 0 fully saturated rings. The first-order chi connectivity index (χ1) is 15.7. The fraction of sp³-hybridized carbons (Fsp3) is 0.167. The molecule has 1 amide bonds. The molecular formula is C24H23FN2O5S. The number of ether oxygens (including phenoxy) is 1. The summed E-state index contributed by atoms with van der Waals surface area (Å²) in [6, 6.07) is 20.0. The van der Waals surface area contributed by atoms with Crippen molar-refractivity contribution in [2.24, 2.45) is 0 Å². The summed E-state index contributed by atoms with van der Waals surface area (Å²) in [7, 11) is -3.87. The summed E-state index contributed by atoms with van der Waals surface area (Å²) in [5.41, 5.74) is 1.47. The molecule has 3 rings (SSSR count). The molecule has 1 unspecified atom stereocenters. The Morgan fingerprint density at radius 3 is 2.27 bits per heavy atom. The van der Waals surface area contributed by atoms with E-state index in [2.05, 4.69) is 10.0 Å². The second kappa shape index (κ2) is 10.8. The summed E-state index contributed by atoms with van der Waals surface area (Å²) >= 11 is 0. The Kier molecular flexibility index (Phi) is 7.92. The average Bonchev–Trinajstić information content (AvgIpc) is 2.83. The van der Waals surface area contributed by atoms with E-state index in [-0.39, 0.29) is 29.4 Å². The summed E-state index contributed by atoms with van der Waals surface area (Å²) in [6.45, 7) is 1.64. The van der Waals surface area contributed by atoms with Crippen LogP contribution in [0.1, 0.15) is 28.4 Å². The Bertz CT molecular complexity index is 1220. The number of sulfonamides is 1. The van der Waals surface area contributed by atoms with Crippen LogP contribution in [0, 0.1) is 5.82 Å². The first-order valence-electron chi connectivity index (χ1n) is 10.1. The highest BCUT2D eigenvalue weighted by atomic mass is 32.2. The smallest absolute Gasteiger partial charge is 0.338 e. The molecule has 9 heteroatoms. The van der Waals surface area contributed by atoms with E-state index in [0.717, 1.165) is 5.56 Å². The molecule has 0 aromatic heterocycles. The van der Waals surface area contributed by atoms with Gasteiger partial charge in [-0.25, -0.2) is 22.3 Å². The van der Waals surface area contributed by atoms with E-state index in [1.807, 2.05) is 6.07 Å². The molecule has 0 radical (unpaired) electrons. The van der Waals surface area contributed by atoms with E-state index in [9.17, 15) is 22.4 Å². The van der Waals surface area contributed by atoms with E-state index < -0.39 is 28.0 Å². The molecule has 172 valence electrons. The van der Waals surface area contributed by atoms with Crippen molar-refractivity contribution in [2.45, 2.75) is 31.0 Å². The maximum Gasteiger partial charge on any atom is 0.338 e. The third-order valence-electron chi connectivity index (χ3n) is 4.72. The Labute approximate surface area is 191 Å². The summed E-state index contributed by atoms with van der Waals surface area (Å²) in [6.07, 6.45) is -1.12. The van der Waals surface area contributed by atoms with E-state index in [1.54, 1.807) is 24.3 Å². The molecule has 0 spiro atoms. The summed E-state index contributed by atoms with van der Waals surface area (Å²) in [5, 5.41) is 2.60. The van der Waals surface area contributed by atoms with Crippen LogP contribution in [0.5, 0.6) is 0 Å². The second-order valence-corrected chi connectivity index (χ2v) is 9.00. The molecule has 3 aromatic rings. The molecule has 7 nitrogen and oxygen atoms in total. The lowest BCUT2D eigenvalue weighted by atomic mass is 10.2. The first kappa shape index (κ1) is 24.1. The fourth-order valence-electron chi connectivity index (χ4n) is 2.87. The Hall–Kier alpha value is -3.56. The van der Waals surface area contributed by atoms with Crippen LogP contribution in [0.2, 0.25) is 0 Å². The molecule has 0 aliphatic carbocycles. The molecule has 0 bridgehead atoms. The number of hydrogen-bond acceptors (Lipinski definition) is 5. The van der Waals surface area contributed by atoms with Crippen molar-refractivity contribution in [3.8, 4) is 0 Å². The number of halogens is 1. The normalized spacial score (nSPS) is 12.1. The number of hydrogen-bond donors (Lipinski definition) is 2. The third-order valence-corrected chi connectivity index (χ3v) is 6.12. The highest BCUT2D eigenvalue weighted by molar-refractivity contribution is 7.89. The van der Waals surface area contributed by atoms with Gasteiger partial charge in [0.15, 0.2) is 6.10 Å². The van der Waals surface area contributed by atoms with Crippen LogP contribution in [0.25, 0.3) is 0 Å². The topological polar surface area (TPSA) is 102 Å². The summed E-state index contributed by atoms with van der Waals surface area (Å²) < 4.78 is 45.8. The van der Waals surface area contributed by atoms with Crippen molar-refractivity contribution in [3.63, 3.8) is 0 Å². The van der Waals surface area contributed by atoms with Gasteiger partial charge in [0.25, 0.3) is 5.91 Å². The molecule has 0 aliphatic rings. The van der Waals surface area contributed by atoms with Gasteiger partial charge in [-0.05, 0) is 48.4 Å². The molecule has 2 N–H and O–H groups in total. The van der Waals surface area contributed by atoms with Crippen LogP contribution in [0.4, 0.5) is 4.39 Å². The zero-order valence-electron chi connectivity index (χ0n) is 17.8. The molecule has 3 aromatic carbocycles. The van der Waals surface area contributed by atoms with E-state index in [0.29, 0.717) is 5.56 Å². The number of nitrogens with one attached hydrogen (secondary N) is 2. The predicted octanol–water partition coefficient (Wildman–Crippen LogP) is 3.17. The predicted molar refractivity (Wildman–Crippen MR) is 120 cm³/mol. The van der Waals surface area contributed by atoms with Gasteiger partial charge in [0.05, 0.1) is 10.5 Å². The standard InChI is InChI=1S/C24H23FN2O5S/c1-17(23(28)26-15-19-10-12-21(25)13-11-19)32-24(29)20-8-5-9-22(14-20)33(30,31)27-16-18-6-3-2-4-7-18/h2-14,17,27H,15-16H2,1H3,(H,26,28). The minimum Gasteiger partial charge on any atom is -0.449 e. The van der Waals surface area contributed by atoms with Crippen molar-refractivity contribution in [1.29, 1.82) is 0 Å². The lowest BCUT2D eigenvalue weighted by molar-refractivity contribution is -0.129. The maximum atomic E-state index is 13.0. The largest absolute Gasteiger partial charge is 0.449 e. The number of esters is 1. The number of benzene rings is 3. The zero-order chi connectivity index (χ0) is 23.8. The van der Waals surface area contributed by atoms with Gasteiger partial charge >= 0.3 is 5.97 Å². The summed E-state index contributed by atoms with van der Waals surface area (Å²) in [4.78, 5) is 24.6. The lowest BCUT2D eigenvalue weighted by Gasteiger charge is -2.14. The molecule has 0 saturated heterocycles. The van der Waals surface area contributed by atoms with Gasteiger partial charge in [0.2, 0.25) is 10.0 Å². The van der Waals surface area contributed by atoms with Crippen LogP contribution < -0.4 is 10.0 Å². The van der Waals surface area contributed by atoms with Crippen LogP contribution in [-0.2, 0) is 32.6 Å². The van der Waals surface area contributed by atoms with Gasteiger partial charge in [-0.1, -0.05) is 48.5 Å². The number of rotatable bonds is 9. The average molecular weight is 471 g/mol. The molecule has 0 aliphatic heterocycles. The van der Waals surface area contributed by atoms with Gasteiger partial charge in [-0.15, -0.1) is 0 Å². The zero-order valence-corrected chi connectivity index (χ0v) is 18.6. The SMILES string of the molecule is CC(OC(=O)c1cccc(S(=O)(=O)NCc2ccccc2)c1)C(=O)NCc1ccc(F)cc1. The minimum absolute atomic E-state index is 0.00392. The van der Waals surface area contributed by atoms with Crippen molar-refractivity contribution < 1.29 is 27.1 Å². The van der Waals surface area contributed by atoms with Crippen molar-refractivity contribution in [2.75, 3.05) is 0 Å². The van der Waals surface area contributed by atoms with Crippen LogP contribution in [0.15, 0.2) is 83.8 Å². The van der Waals surface area contributed by atoms with E-state index in [4.69, 9.17) is 4.74 Å². The number of carbonyl (C=O) groups is 2. The monoisotopic (exact) mass is 470 g/mol. The lowest BCUT2D eigenvalue weighted by Crippen LogP contribution is -2.35. The Morgan fingerprint density at radius 2 is 1.58 bits per heavy atom. The van der Waals surface area contributed by atoms with Gasteiger partial charge in [-0.2, -0.15) is 0 Å². The van der Waals surface area contributed by atoms with E-state index in [1.165, 1.54) is 55.5 Å². The van der Waals surface area contributed by atoms with Crippen molar-refractivity contribution >= 4 is 21.9 Å². The van der Waals surface area contributed by atoms with Gasteiger partial charge in [-0.3, -0.25) is 4.79 Å². The van der Waals surface area contributed by atoms with Gasteiger partial charge in [0.1, 0.15) is 5.82 Å². The second-order valence-electron chi connectivity index (χ2n) is 7.23. The van der Waals surface area contributed by atoms with Crippen LogP contribution in [0.3, 0.4) is 0 Å². The highest BCUT2D eigenvalue weighted by Gasteiger charge is 2.21. The molecular weight excluding hydrogens is 447 g/mol. The number of amides is 1. The molecule has 1 atom stereocenters. The summed E-state index contributed by atoms with van der Waals surface area (Å²) in [5.74, 6) is -1.76. The molecule has 0 saturated carbocycles. The van der Waals surface area contributed by atoms with Crippen molar-refractivity contribution in [3.05, 3.63) is 101 Å². The Balaban J connectivity index is 1.58. The Morgan fingerprint density at radius 1 is 0.909 bits per heavy atom. The van der Waals surface area contributed by atoms with E-state index >= 15 is 0 Å². The molecule has 33 heavy (non-hydrogen) atoms. The maximum absolute atomic E-state index is 13.0. The third kappa shape index (κ3) is 6.96. The number of carbonyl (C=O) groups excluding carboxylic acids is 2. The first-order valence-corrected chi connectivity index (χ1v) is 11.6. The minimum atomic E-state index is -3.87.